The zero-order valence-electron chi connectivity index (χ0n) is 20.4. The first kappa shape index (κ1) is 24.8. The Balaban J connectivity index is 1.55. The van der Waals surface area contributed by atoms with Crippen molar-refractivity contribution in [2.24, 2.45) is 0 Å². The predicted molar refractivity (Wildman–Crippen MR) is 127 cm³/mol. The van der Waals surface area contributed by atoms with Crippen LogP contribution in [0.3, 0.4) is 0 Å². The summed E-state index contributed by atoms with van der Waals surface area (Å²) in [6, 6.07) is 13.5. The highest BCUT2D eigenvalue weighted by atomic mass is 19.4. The van der Waals surface area contributed by atoms with Gasteiger partial charge in [0.2, 0.25) is 17.5 Å². The topological polar surface area (TPSA) is 40.6 Å². The molecule has 3 aliphatic rings. The lowest BCUT2D eigenvalue weighted by Crippen LogP contribution is -2.53. The lowest BCUT2D eigenvalue weighted by molar-refractivity contribution is -0.228. The van der Waals surface area contributed by atoms with Gasteiger partial charge in [-0.2, -0.15) is 13.2 Å². The van der Waals surface area contributed by atoms with Crippen molar-refractivity contribution in [3.8, 4) is 0 Å². The second kappa shape index (κ2) is 8.60. The third-order valence-corrected chi connectivity index (χ3v) is 8.64. The van der Waals surface area contributed by atoms with E-state index in [-0.39, 0.29) is 23.4 Å². The maximum absolute atomic E-state index is 14.8. The van der Waals surface area contributed by atoms with Crippen LogP contribution in [0.15, 0.2) is 48.5 Å². The average Bonchev–Trinajstić information content (AvgIpc) is 3.38. The van der Waals surface area contributed by atoms with Crippen LogP contribution in [-0.4, -0.2) is 53.5 Å². The molecule has 36 heavy (non-hydrogen) atoms. The fraction of sp³-hybridized carbons (Fsp3) is 0.500. The number of likely N-dealkylation sites (N-methyl/N-ethyl adjacent to an activating group) is 1. The van der Waals surface area contributed by atoms with Crippen LogP contribution in [0.25, 0.3) is 0 Å². The van der Waals surface area contributed by atoms with E-state index >= 15 is 0 Å². The van der Waals surface area contributed by atoms with Crippen molar-refractivity contribution in [1.82, 2.24) is 9.80 Å². The maximum Gasteiger partial charge on any atom is 0.426 e. The first-order valence-corrected chi connectivity index (χ1v) is 12.5. The number of alkyl halides is 4. The van der Waals surface area contributed by atoms with Gasteiger partial charge in [0.1, 0.15) is 6.04 Å². The number of benzene rings is 2. The highest BCUT2D eigenvalue weighted by Gasteiger charge is 2.56. The molecule has 0 N–H and O–H groups in total. The number of hydrogen-bond acceptors (Lipinski definition) is 2. The van der Waals surface area contributed by atoms with Crippen LogP contribution in [0.5, 0.6) is 0 Å². The Hall–Kier alpha value is -2.90. The Kier molecular flexibility index (Phi) is 5.92. The molecule has 2 amide bonds. The molecule has 1 aliphatic carbocycles. The smallest absolute Gasteiger partial charge is 0.337 e. The van der Waals surface area contributed by atoms with Crippen molar-refractivity contribution < 1.29 is 27.2 Å². The van der Waals surface area contributed by atoms with Gasteiger partial charge in [-0.25, -0.2) is 4.39 Å². The van der Waals surface area contributed by atoms with Gasteiger partial charge in [0, 0.05) is 31.5 Å². The van der Waals surface area contributed by atoms with Crippen molar-refractivity contribution in [3.05, 3.63) is 70.8 Å². The first-order chi connectivity index (χ1) is 17.0. The second-order valence-electron chi connectivity index (χ2n) is 10.6. The Morgan fingerprint density at radius 2 is 1.78 bits per heavy atom. The summed E-state index contributed by atoms with van der Waals surface area (Å²) >= 11 is 0. The predicted octanol–water partition coefficient (Wildman–Crippen LogP) is 5.08. The van der Waals surface area contributed by atoms with E-state index in [4.69, 9.17) is 0 Å². The van der Waals surface area contributed by atoms with Crippen molar-refractivity contribution >= 4 is 11.8 Å². The number of carbonyl (C=O) groups is 2. The molecule has 4 atom stereocenters. The van der Waals surface area contributed by atoms with Crippen molar-refractivity contribution in [3.63, 3.8) is 0 Å². The van der Waals surface area contributed by atoms with Crippen LogP contribution in [0, 0.1) is 0 Å². The van der Waals surface area contributed by atoms with Crippen molar-refractivity contribution in [2.75, 3.05) is 13.6 Å². The molecule has 8 heteroatoms. The molecular formula is C28H30F4N2O2. The molecule has 2 fully saturated rings. The molecule has 2 aromatic rings. The summed E-state index contributed by atoms with van der Waals surface area (Å²) in [5.74, 6) is -0.0969. The van der Waals surface area contributed by atoms with Gasteiger partial charge in [0.15, 0.2) is 0 Å². The summed E-state index contributed by atoms with van der Waals surface area (Å²) < 4.78 is 55.1. The molecular weight excluding hydrogens is 472 g/mol. The molecule has 192 valence electrons. The zero-order chi connectivity index (χ0) is 25.9. The Labute approximate surface area is 208 Å². The van der Waals surface area contributed by atoms with E-state index in [0.29, 0.717) is 52.0 Å². The van der Waals surface area contributed by atoms with Gasteiger partial charge in [0.25, 0.3) is 0 Å². The Morgan fingerprint density at radius 3 is 2.42 bits per heavy atom. The van der Waals surface area contributed by atoms with Gasteiger partial charge >= 0.3 is 6.18 Å². The molecule has 2 saturated heterocycles. The van der Waals surface area contributed by atoms with Gasteiger partial charge in [0.05, 0.1) is 0 Å². The third kappa shape index (κ3) is 3.80. The molecule has 4 nitrogen and oxygen atoms in total. The third-order valence-electron chi connectivity index (χ3n) is 8.64. The van der Waals surface area contributed by atoms with Gasteiger partial charge in [-0.15, -0.1) is 0 Å². The molecule has 2 heterocycles. The summed E-state index contributed by atoms with van der Waals surface area (Å²) in [5, 5.41) is 0. The van der Waals surface area contributed by atoms with Crippen LogP contribution < -0.4 is 0 Å². The van der Waals surface area contributed by atoms with Gasteiger partial charge < -0.3 is 9.80 Å². The monoisotopic (exact) mass is 502 g/mol. The fourth-order valence-electron chi connectivity index (χ4n) is 6.53. The van der Waals surface area contributed by atoms with Gasteiger partial charge in [-0.1, -0.05) is 48.5 Å². The highest BCUT2D eigenvalue weighted by Crippen LogP contribution is 2.51. The van der Waals surface area contributed by atoms with Gasteiger partial charge in [-0.05, 0) is 61.3 Å². The number of fused-ring (bicyclic) bond motifs is 3. The zero-order valence-corrected chi connectivity index (χ0v) is 20.4. The number of nitrogens with zero attached hydrogens (tertiary/aromatic N) is 2. The SMILES string of the molecule is CN1C(=O)CC[C@H]1C(=O)N1CC[C@@]2(Cc3ccccc3)c3ccc(C(C)(F)C(F)(F)F)cc3CC[C@@H]12. The van der Waals surface area contributed by atoms with Crippen LogP contribution in [0.2, 0.25) is 0 Å². The highest BCUT2D eigenvalue weighted by molar-refractivity contribution is 5.91. The standard InChI is InChI=1S/C28H30F4N2O2/c1-26(29,28(30,31)32)20-9-10-21-19(16-20)8-12-23-27(21,17-18-6-4-3-5-7-18)14-15-34(23)25(36)22-11-13-24(35)33(22)2/h3-7,9-10,16,22-23H,8,11-15,17H2,1-2H3/t22-,23+,26?,27+/m0/s1. The van der Waals surface area contributed by atoms with E-state index in [0.717, 1.165) is 16.7 Å². The minimum Gasteiger partial charge on any atom is -0.337 e. The Morgan fingerprint density at radius 1 is 1.06 bits per heavy atom. The molecule has 2 aliphatic heterocycles. The molecule has 2 aromatic carbocycles. The van der Waals surface area contributed by atoms with Crippen LogP contribution in [-0.2, 0) is 33.5 Å². The summed E-state index contributed by atoms with van der Waals surface area (Å²) in [6.45, 7) is 1.08. The van der Waals surface area contributed by atoms with Crippen LogP contribution in [0.4, 0.5) is 17.6 Å². The largest absolute Gasteiger partial charge is 0.426 e. The lowest BCUT2D eigenvalue weighted by atomic mass is 9.63. The average molecular weight is 503 g/mol. The lowest BCUT2D eigenvalue weighted by Gasteiger charge is -2.44. The van der Waals surface area contributed by atoms with E-state index in [1.807, 2.05) is 35.2 Å². The number of hydrogen-bond donors (Lipinski definition) is 0. The molecule has 5 rings (SSSR count). The van der Waals surface area contributed by atoms with Gasteiger partial charge in [-0.3, -0.25) is 9.59 Å². The van der Waals surface area contributed by atoms with Crippen molar-refractivity contribution in [1.29, 1.82) is 0 Å². The van der Waals surface area contributed by atoms with E-state index < -0.39 is 23.3 Å². The molecule has 0 saturated carbocycles. The number of rotatable bonds is 4. The second-order valence-corrected chi connectivity index (χ2v) is 10.6. The number of carbonyl (C=O) groups excluding carboxylic acids is 2. The van der Waals surface area contributed by atoms with Crippen LogP contribution in [0.1, 0.15) is 54.9 Å². The van der Waals surface area contributed by atoms with E-state index in [1.165, 1.54) is 17.0 Å². The molecule has 1 unspecified atom stereocenters. The number of halogens is 4. The number of likely N-dealkylation sites (tertiary alicyclic amines) is 2. The molecule has 0 aromatic heterocycles. The summed E-state index contributed by atoms with van der Waals surface area (Å²) in [7, 11) is 1.66. The fourth-order valence-corrected chi connectivity index (χ4v) is 6.53. The summed E-state index contributed by atoms with van der Waals surface area (Å²) in [5.41, 5.74) is -1.63. The van der Waals surface area contributed by atoms with E-state index in [1.54, 1.807) is 13.1 Å². The minimum absolute atomic E-state index is 0.0384. The van der Waals surface area contributed by atoms with Crippen LogP contribution >= 0.6 is 0 Å². The molecule has 0 spiro atoms. The Bertz CT molecular complexity index is 1180. The maximum atomic E-state index is 14.8. The summed E-state index contributed by atoms with van der Waals surface area (Å²) in [6.07, 6.45) is -1.85. The quantitative estimate of drug-likeness (QED) is 0.547. The van der Waals surface area contributed by atoms with E-state index in [2.05, 4.69) is 0 Å². The minimum atomic E-state index is -5.01. The number of amides is 2. The first-order valence-electron chi connectivity index (χ1n) is 12.5. The van der Waals surface area contributed by atoms with Crippen molar-refractivity contribution in [2.45, 2.75) is 74.8 Å². The normalized spacial score (nSPS) is 27.6. The molecule has 0 bridgehead atoms. The van der Waals surface area contributed by atoms with E-state index in [9.17, 15) is 27.2 Å². The molecule has 0 radical (unpaired) electrons. The summed E-state index contributed by atoms with van der Waals surface area (Å²) in [4.78, 5) is 29.1. The number of aryl methyl sites for hydroxylation is 1.